The fourth-order valence-electron chi connectivity index (χ4n) is 10.8. The zero-order chi connectivity index (χ0) is 57.1. The number of carbonyl (C=O) groups excluding carboxylic acids is 3. The quantitative estimate of drug-likeness (QED) is 0.0261. The van der Waals surface area contributed by atoms with Crippen molar-refractivity contribution in [2.75, 3.05) is 13.2 Å². The summed E-state index contributed by atoms with van der Waals surface area (Å²) in [6.45, 7) is 6.71. The first-order chi connectivity index (χ1) is 39.0. The van der Waals surface area contributed by atoms with E-state index in [1.807, 2.05) is 0 Å². The van der Waals surface area contributed by atoms with Gasteiger partial charge in [-0.3, -0.25) is 14.4 Å². The van der Waals surface area contributed by atoms with Crippen molar-refractivity contribution in [2.45, 2.75) is 399 Å². The third-order valence-electron chi connectivity index (χ3n) is 16.1. The van der Waals surface area contributed by atoms with Gasteiger partial charge in [0.25, 0.3) is 0 Å². The fraction of sp³-hybridized carbons (Fsp3) is 0.877. The second-order valence-electron chi connectivity index (χ2n) is 24.2. The van der Waals surface area contributed by atoms with E-state index in [0.717, 1.165) is 77.0 Å². The number of allylic oxidation sites excluding steroid dienone is 6. The summed E-state index contributed by atoms with van der Waals surface area (Å²) < 4.78 is 17.0. The molecule has 79 heavy (non-hydrogen) atoms. The number of ether oxygens (including phenoxy) is 3. The van der Waals surface area contributed by atoms with Crippen LogP contribution in [0.1, 0.15) is 393 Å². The topological polar surface area (TPSA) is 78.9 Å². The Bertz CT molecular complexity index is 1320. The van der Waals surface area contributed by atoms with Crippen molar-refractivity contribution in [3.8, 4) is 0 Å². The number of hydrogen-bond donors (Lipinski definition) is 0. The summed E-state index contributed by atoms with van der Waals surface area (Å²) >= 11 is 0. The highest BCUT2D eigenvalue weighted by Crippen LogP contribution is 2.19. The Balaban J connectivity index is 4.32. The number of rotatable bonds is 66. The van der Waals surface area contributed by atoms with E-state index in [0.29, 0.717) is 19.3 Å². The van der Waals surface area contributed by atoms with Crippen molar-refractivity contribution in [1.82, 2.24) is 0 Å². The van der Waals surface area contributed by atoms with Crippen LogP contribution in [0.3, 0.4) is 0 Å². The molecule has 0 aromatic heterocycles. The lowest BCUT2D eigenvalue weighted by Crippen LogP contribution is -2.30. The first-order valence-corrected chi connectivity index (χ1v) is 35.5. The minimum atomic E-state index is -0.773. The van der Waals surface area contributed by atoms with E-state index in [2.05, 4.69) is 57.2 Å². The molecule has 0 aliphatic carbocycles. The molecular formula is C73H136O6. The molecule has 0 bridgehead atoms. The SMILES string of the molecule is CCCCCCC/C=C\C/C=C\C/C=C\CCCCCCCCCCC(=O)OCC(COC(=O)CCCCCCCCCCCCCCCCCCCC)OC(=O)CCCCCCCCCCCCCCCCCCCCCC. The van der Waals surface area contributed by atoms with Gasteiger partial charge in [-0.2, -0.15) is 0 Å². The minimum absolute atomic E-state index is 0.0682. The number of hydrogen-bond acceptors (Lipinski definition) is 6. The van der Waals surface area contributed by atoms with E-state index in [4.69, 9.17) is 14.2 Å². The van der Waals surface area contributed by atoms with E-state index >= 15 is 0 Å². The molecule has 0 radical (unpaired) electrons. The molecule has 0 saturated heterocycles. The van der Waals surface area contributed by atoms with E-state index in [1.165, 1.54) is 276 Å². The van der Waals surface area contributed by atoms with Crippen LogP contribution >= 0.6 is 0 Å². The standard InChI is InChI=1S/C73H136O6/c1-4-7-10-13-16-19-22-25-28-31-34-36-37-38-40-42-45-48-51-54-57-60-63-66-72(75)78-69-70(68-77-71(74)65-62-59-56-53-50-47-44-41-33-30-27-24-21-18-15-12-9-6-3)79-73(76)67-64-61-58-55-52-49-46-43-39-35-32-29-26-23-20-17-14-11-8-5-2/h22,25,31,34,37-38,70H,4-21,23-24,26-30,32-33,35-36,39-69H2,1-3H3/b25-22-,34-31-,38-37-. The highest BCUT2D eigenvalue weighted by atomic mass is 16.6. The highest BCUT2D eigenvalue weighted by Gasteiger charge is 2.19. The van der Waals surface area contributed by atoms with Crippen molar-refractivity contribution >= 4 is 17.9 Å². The van der Waals surface area contributed by atoms with Crippen molar-refractivity contribution in [2.24, 2.45) is 0 Å². The van der Waals surface area contributed by atoms with Crippen LogP contribution in [0.15, 0.2) is 36.5 Å². The Morgan fingerprint density at radius 2 is 0.456 bits per heavy atom. The molecule has 0 aliphatic rings. The van der Waals surface area contributed by atoms with E-state index < -0.39 is 6.10 Å². The summed E-state index contributed by atoms with van der Waals surface area (Å²) in [4.78, 5) is 38.5. The second-order valence-corrected chi connectivity index (χ2v) is 24.2. The summed E-state index contributed by atoms with van der Waals surface area (Å²) in [6.07, 6.45) is 84.5. The summed E-state index contributed by atoms with van der Waals surface area (Å²) in [5.74, 6) is -0.843. The van der Waals surface area contributed by atoms with Crippen LogP contribution in [0.5, 0.6) is 0 Å². The Kier molecular flexibility index (Phi) is 66.1. The molecule has 464 valence electrons. The van der Waals surface area contributed by atoms with Crippen LogP contribution in [-0.4, -0.2) is 37.2 Å². The lowest BCUT2D eigenvalue weighted by molar-refractivity contribution is -0.167. The normalized spacial score (nSPS) is 12.2. The molecule has 0 saturated carbocycles. The zero-order valence-corrected chi connectivity index (χ0v) is 53.4. The molecule has 1 atom stereocenters. The van der Waals surface area contributed by atoms with Crippen molar-refractivity contribution < 1.29 is 28.6 Å². The third kappa shape index (κ3) is 66.3. The van der Waals surface area contributed by atoms with Gasteiger partial charge in [0, 0.05) is 19.3 Å². The molecule has 0 N–H and O–H groups in total. The molecule has 1 unspecified atom stereocenters. The molecular weight excluding hydrogens is 973 g/mol. The Labute approximate surface area is 493 Å². The number of carbonyl (C=O) groups is 3. The molecule has 0 spiro atoms. The van der Waals surface area contributed by atoms with Gasteiger partial charge in [-0.05, 0) is 57.8 Å². The van der Waals surface area contributed by atoms with Crippen LogP contribution < -0.4 is 0 Å². The molecule has 0 amide bonds. The maximum Gasteiger partial charge on any atom is 0.306 e. The van der Waals surface area contributed by atoms with E-state index in [-0.39, 0.29) is 31.1 Å². The maximum absolute atomic E-state index is 13.0. The summed E-state index contributed by atoms with van der Waals surface area (Å²) in [5, 5.41) is 0. The summed E-state index contributed by atoms with van der Waals surface area (Å²) in [6, 6.07) is 0. The second kappa shape index (κ2) is 68.1. The van der Waals surface area contributed by atoms with Gasteiger partial charge >= 0.3 is 17.9 Å². The Hall–Kier alpha value is -2.37. The molecule has 6 nitrogen and oxygen atoms in total. The van der Waals surface area contributed by atoms with Gasteiger partial charge in [-0.1, -0.05) is 353 Å². The lowest BCUT2D eigenvalue weighted by atomic mass is 10.0. The van der Waals surface area contributed by atoms with E-state index in [1.54, 1.807) is 0 Å². The monoisotopic (exact) mass is 1110 g/mol. The minimum Gasteiger partial charge on any atom is -0.462 e. The van der Waals surface area contributed by atoms with Gasteiger partial charge < -0.3 is 14.2 Å². The third-order valence-corrected chi connectivity index (χ3v) is 16.1. The predicted octanol–water partition coefficient (Wildman–Crippen LogP) is 24.3. The Morgan fingerprint density at radius 1 is 0.253 bits per heavy atom. The van der Waals surface area contributed by atoms with Gasteiger partial charge in [0.2, 0.25) is 0 Å². The predicted molar refractivity (Wildman–Crippen MR) is 344 cm³/mol. The average Bonchev–Trinajstić information content (AvgIpc) is 3.45. The first kappa shape index (κ1) is 76.6. The molecule has 0 rings (SSSR count). The van der Waals surface area contributed by atoms with Crippen molar-refractivity contribution in [1.29, 1.82) is 0 Å². The van der Waals surface area contributed by atoms with Crippen LogP contribution in [0.4, 0.5) is 0 Å². The van der Waals surface area contributed by atoms with Gasteiger partial charge in [0.05, 0.1) is 0 Å². The zero-order valence-electron chi connectivity index (χ0n) is 53.4. The van der Waals surface area contributed by atoms with Crippen LogP contribution in [0, 0.1) is 0 Å². The van der Waals surface area contributed by atoms with Gasteiger partial charge in [-0.15, -0.1) is 0 Å². The van der Waals surface area contributed by atoms with E-state index in [9.17, 15) is 14.4 Å². The summed E-state index contributed by atoms with van der Waals surface area (Å²) in [5.41, 5.74) is 0. The Morgan fingerprint density at radius 3 is 0.709 bits per heavy atom. The molecule has 0 heterocycles. The molecule has 0 aliphatic heterocycles. The smallest absolute Gasteiger partial charge is 0.306 e. The van der Waals surface area contributed by atoms with Crippen LogP contribution in [-0.2, 0) is 28.6 Å². The summed E-state index contributed by atoms with van der Waals surface area (Å²) in [7, 11) is 0. The molecule has 6 heteroatoms. The maximum atomic E-state index is 13.0. The highest BCUT2D eigenvalue weighted by molar-refractivity contribution is 5.71. The van der Waals surface area contributed by atoms with Crippen molar-refractivity contribution in [3.05, 3.63) is 36.5 Å². The van der Waals surface area contributed by atoms with Gasteiger partial charge in [0.1, 0.15) is 13.2 Å². The number of unbranched alkanes of at least 4 members (excludes halogenated alkanes) is 49. The molecule has 0 fully saturated rings. The molecule has 0 aromatic carbocycles. The fourth-order valence-corrected chi connectivity index (χ4v) is 10.8. The van der Waals surface area contributed by atoms with Crippen LogP contribution in [0.25, 0.3) is 0 Å². The van der Waals surface area contributed by atoms with Gasteiger partial charge in [-0.25, -0.2) is 0 Å². The molecule has 0 aromatic rings. The number of esters is 3. The first-order valence-electron chi connectivity index (χ1n) is 35.5. The largest absolute Gasteiger partial charge is 0.462 e. The van der Waals surface area contributed by atoms with Crippen LogP contribution in [0.2, 0.25) is 0 Å². The average molecular weight is 1110 g/mol. The lowest BCUT2D eigenvalue weighted by Gasteiger charge is -2.18. The van der Waals surface area contributed by atoms with Gasteiger partial charge in [0.15, 0.2) is 6.10 Å². The van der Waals surface area contributed by atoms with Crippen molar-refractivity contribution in [3.63, 3.8) is 0 Å².